The standard InChI is InChI=1S/C14H14ClN3O/c1-9-8-10(15)2-7-13(9)18-14(19)17-12-5-3-11(16)4-6-12/h2-8H,16H2,1H3,(H2,17,18,19). The Labute approximate surface area is 116 Å². The molecule has 0 atom stereocenters. The number of urea groups is 1. The molecule has 4 nitrogen and oxygen atoms in total. The van der Waals surface area contributed by atoms with Crippen molar-refractivity contribution in [1.29, 1.82) is 0 Å². The monoisotopic (exact) mass is 275 g/mol. The van der Waals surface area contributed by atoms with Gasteiger partial charge in [-0.15, -0.1) is 0 Å². The van der Waals surface area contributed by atoms with Gasteiger partial charge in [-0.1, -0.05) is 11.6 Å². The lowest BCUT2D eigenvalue weighted by Gasteiger charge is -2.10. The molecule has 0 aliphatic rings. The molecule has 0 aliphatic carbocycles. The van der Waals surface area contributed by atoms with E-state index in [0.29, 0.717) is 16.4 Å². The molecule has 4 N–H and O–H groups in total. The van der Waals surface area contributed by atoms with Crippen molar-refractivity contribution in [2.45, 2.75) is 6.92 Å². The summed E-state index contributed by atoms with van der Waals surface area (Å²) in [4.78, 5) is 11.8. The maximum Gasteiger partial charge on any atom is 0.323 e. The Bertz CT molecular complexity index is 596. The van der Waals surface area contributed by atoms with E-state index in [2.05, 4.69) is 10.6 Å². The van der Waals surface area contributed by atoms with Gasteiger partial charge < -0.3 is 16.4 Å². The second-order valence-electron chi connectivity index (χ2n) is 4.16. The molecule has 0 radical (unpaired) electrons. The van der Waals surface area contributed by atoms with Crippen molar-refractivity contribution in [2.24, 2.45) is 0 Å². The van der Waals surface area contributed by atoms with Crippen LogP contribution in [-0.4, -0.2) is 6.03 Å². The van der Waals surface area contributed by atoms with Crippen LogP contribution in [0.4, 0.5) is 21.9 Å². The Morgan fingerprint density at radius 3 is 2.42 bits per heavy atom. The predicted molar refractivity (Wildman–Crippen MR) is 79.7 cm³/mol. The predicted octanol–water partition coefficient (Wildman–Crippen LogP) is 3.87. The zero-order valence-corrected chi connectivity index (χ0v) is 11.2. The van der Waals surface area contributed by atoms with Crippen molar-refractivity contribution in [3.63, 3.8) is 0 Å². The molecule has 0 saturated carbocycles. The maximum absolute atomic E-state index is 11.8. The zero-order chi connectivity index (χ0) is 13.8. The number of nitrogens with two attached hydrogens (primary N) is 1. The van der Waals surface area contributed by atoms with Crippen LogP contribution in [0.15, 0.2) is 42.5 Å². The summed E-state index contributed by atoms with van der Waals surface area (Å²) in [7, 11) is 0. The summed E-state index contributed by atoms with van der Waals surface area (Å²) >= 11 is 5.86. The number of amides is 2. The highest BCUT2D eigenvalue weighted by Crippen LogP contribution is 2.20. The van der Waals surface area contributed by atoms with E-state index < -0.39 is 0 Å². The number of aryl methyl sites for hydroxylation is 1. The molecular formula is C14H14ClN3O. The topological polar surface area (TPSA) is 67.2 Å². The van der Waals surface area contributed by atoms with Gasteiger partial charge in [0, 0.05) is 22.1 Å². The first-order valence-electron chi connectivity index (χ1n) is 5.74. The first-order chi connectivity index (χ1) is 9.04. The Balaban J connectivity index is 2.03. The second-order valence-corrected chi connectivity index (χ2v) is 4.60. The molecular weight excluding hydrogens is 262 g/mol. The van der Waals surface area contributed by atoms with E-state index >= 15 is 0 Å². The average Bonchev–Trinajstić information content (AvgIpc) is 2.36. The maximum atomic E-state index is 11.8. The SMILES string of the molecule is Cc1cc(Cl)ccc1NC(=O)Nc1ccc(N)cc1. The average molecular weight is 276 g/mol. The highest BCUT2D eigenvalue weighted by molar-refractivity contribution is 6.30. The van der Waals surface area contributed by atoms with Gasteiger partial charge in [0.25, 0.3) is 0 Å². The van der Waals surface area contributed by atoms with E-state index in [1.807, 2.05) is 6.92 Å². The van der Waals surface area contributed by atoms with Crippen LogP contribution in [0.3, 0.4) is 0 Å². The highest BCUT2D eigenvalue weighted by atomic mass is 35.5. The number of benzene rings is 2. The van der Waals surface area contributed by atoms with Crippen molar-refractivity contribution in [3.8, 4) is 0 Å². The molecule has 0 bridgehead atoms. The minimum atomic E-state index is -0.310. The molecule has 0 aromatic heterocycles. The Hall–Kier alpha value is -2.20. The quantitative estimate of drug-likeness (QED) is 0.728. The number of carbonyl (C=O) groups excluding carboxylic acids is 1. The zero-order valence-electron chi connectivity index (χ0n) is 10.4. The third-order valence-corrected chi connectivity index (χ3v) is 2.84. The molecule has 19 heavy (non-hydrogen) atoms. The number of rotatable bonds is 2. The first-order valence-corrected chi connectivity index (χ1v) is 6.12. The number of carbonyl (C=O) groups is 1. The van der Waals surface area contributed by atoms with E-state index in [-0.39, 0.29) is 6.03 Å². The summed E-state index contributed by atoms with van der Waals surface area (Å²) in [6.45, 7) is 1.88. The van der Waals surface area contributed by atoms with Crippen LogP contribution in [0.2, 0.25) is 5.02 Å². The van der Waals surface area contributed by atoms with Crippen LogP contribution in [0, 0.1) is 6.92 Å². The fraction of sp³-hybridized carbons (Fsp3) is 0.0714. The van der Waals surface area contributed by atoms with Gasteiger partial charge in [0.05, 0.1) is 0 Å². The number of anilines is 3. The van der Waals surface area contributed by atoms with E-state index in [1.54, 1.807) is 42.5 Å². The van der Waals surface area contributed by atoms with Crippen LogP contribution in [-0.2, 0) is 0 Å². The van der Waals surface area contributed by atoms with E-state index in [4.69, 9.17) is 17.3 Å². The molecule has 0 aliphatic heterocycles. The Morgan fingerprint density at radius 2 is 1.79 bits per heavy atom. The third kappa shape index (κ3) is 3.63. The fourth-order valence-electron chi connectivity index (χ4n) is 1.62. The Kier molecular flexibility index (Phi) is 3.92. The van der Waals surface area contributed by atoms with Gasteiger partial charge in [-0.25, -0.2) is 4.79 Å². The van der Waals surface area contributed by atoms with E-state index in [9.17, 15) is 4.79 Å². The number of halogens is 1. The molecule has 0 spiro atoms. The van der Waals surface area contributed by atoms with Crippen molar-refractivity contribution >= 4 is 34.7 Å². The second kappa shape index (κ2) is 5.63. The summed E-state index contributed by atoms with van der Waals surface area (Å²) < 4.78 is 0. The number of hydrogen-bond acceptors (Lipinski definition) is 2. The first kappa shape index (κ1) is 13.2. The summed E-state index contributed by atoms with van der Waals surface area (Å²) in [5.41, 5.74) is 8.53. The van der Waals surface area contributed by atoms with Gasteiger partial charge in [0.15, 0.2) is 0 Å². The van der Waals surface area contributed by atoms with Gasteiger partial charge in [0.2, 0.25) is 0 Å². The van der Waals surface area contributed by atoms with Crippen LogP contribution in [0.1, 0.15) is 5.56 Å². The van der Waals surface area contributed by atoms with Gasteiger partial charge in [-0.05, 0) is 55.0 Å². The lowest BCUT2D eigenvalue weighted by Crippen LogP contribution is -2.19. The third-order valence-electron chi connectivity index (χ3n) is 2.61. The minimum absolute atomic E-state index is 0.310. The molecule has 0 unspecified atom stereocenters. The van der Waals surface area contributed by atoms with Crippen LogP contribution >= 0.6 is 11.6 Å². The van der Waals surface area contributed by atoms with Gasteiger partial charge >= 0.3 is 6.03 Å². The summed E-state index contributed by atoms with van der Waals surface area (Å²) in [6, 6.07) is 11.9. The molecule has 2 amide bonds. The largest absolute Gasteiger partial charge is 0.399 e. The number of nitrogens with one attached hydrogen (secondary N) is 2. The smallest absolute Gasteiger partial charge is 0.323 e. The van der Waals surface area contributed by atoms with E-state index in [1.165, 1.54) is 0 Å². The molecule has 2 rings (SSSR count). The van der Waals surface area contributed by atoms with Crippen LogP contribution < -0.4 is 16.4 Å². The summed E-state index contributed by atoms with van der Waals surface area (Å²) in [5, 5.41) is 6.12. The molecule has 2 aromatic carbocycles. The van der Waals surface area contributed by atoms with Crippen molar-refractivity contribution in [3.05, 3.63) is 53.1 Å². The molecule has 0 heterocycles. The number of hydrogen-bond donors (Lipinski definition) is 3. The number of nitrogen functional groups attached to an aromatic ring is 1. The normalized spacial score (nSPS) is 10.0. The van der Waals surface area contributed by atoms with Gasteiger partial charge in [-0.3, -0.25) is 0 Å². The molecule has 0 fully saturated rings. The lowest BCUT2D eigenvalue weighted by molar-refractivity contribution is 0.262. The van der Waals surface area contributed by atoms with E-state index in [0.717, 1.165) is 11.3 Å². The molecule has 98 valence electrons. The molecule has 0 saturated heterocycles. The van der Waals surface area contributed by atoms with Crippen molar-refractivity contribution in [1.82, 2.24) is 0 Å². The van der Waals surface area contributed by atoms with Crippen LogP contribution in [0.25, 0.3) is 0 Å². The highest BCUT2D eigenvalue weighted by Gasteiger charge is 2.05. The summed E-state index contributed by atoms with van der Waals surface area (Å²) in [5.74, 6) is 0. The Morgan fingerprint density at radius 1 is 1.11 bits per heavy atom. The van der Waals surface area contributed by atoms with Crippen molar-refractivity contribution in [2.75, 3.05) is 16.4 Å². The van der Waals surface area contributed by atoms with Crippen LogP contribution in [0.5, 0.6) is 0 Å². The van der Waals surface area contributed by atoms with Gasteiger partial charge in [-0.2, -0.15) is 0 Å². The summed E-state index contributed by atoms with van der Waals surface area (Å²) in [6.07, 6.45) is 0. The minimum Gasteiger partial charge on any atom is -0.399 e. The molecule has 5 heteroatoms. The lowest BCUT2D eigenvalue weighted by atomic mass is 10.2. The van der Waals surface area contributed by atoms with Gasteiger partial charge in [0.1, 0.15) is 0 Å². The van der Waals surface area contributed by atoms with Crippen molar-refractivity contribution < 1.29 is 4.79 Å². The fourth-order valence-corrected chi connectivity index (χ4v) is 1.85. The molecule has 2 aromatic rings.